The van der Waals surface area contributed by atoms with Gasteiger partial charge in [-0.25, -0.2) is 0 Å². The number of aromatic nitrogens is 2. The molecule has 128 valence electrons. The molecule has 2 N–H and O–H groups in total. The van der Waals surface area contributed by atoms with Crippen molar-refractivity contribution in [2.75, 3.05) is 19.6 Å². The molecule has 0 radical (unpaired) electrons. The van der Waals surface area contributed by atoms with Crippen LogP contribution in [0.3, 0.4) is 0 Å². The molecule has 1 saturated heterocycles. The molecule has 0 saturated carbocycles. The van der Waals surface area contributed by atoms with E-state index < -0.39 is 0 Å². The number of amides is 1. The van der Waals surface area contributed by atoms with Crippen molar-refractivity contribution in [2.45, 2.75) is 13.3 Å². The monoisotopic (exact) mass is 348 g/mol. The second-order valence-corrected chi connectivity index (χ2v) is 6.30. The highest BCUT2D eigenvalue weighted by atomic mass is 35.5. The van der Waals surface area contributed by atoms with Gasteiger partial charge >= 0.3 is 0 Å². The molecule has 1 fully saturated rings. The Morgan fingerprint density at radius 3 is 2.58 bits per heavy atom. The minimum absolute atomic E-state index is 0. The molecular formula is C17H21ClN4O2. The average Bonchev–Trinajstić information content (AvgIpc) is 2.98. The van der Waals surface area contributed by atoms with Crippen molar-refractivity contribution in [2.24, 2.45) is 11.1 Å². The quantitative estimate of drug-likeness (QED) is 0.910. The molecule has 0 aliphatic carbocycles. The lowest BCUT2D eigenvalue weighted by Crippen LogP contribution is -2.35. The van der Waals surface area contributed by atoms with Gasteiger partial charge in [-0.3, -0.25) is 9.59 Å². The van der Waals surface area contributed by atoms with Crippen LogP contribution in [-0.4, -0.2) is 40.2 Å². The van der Waals surface area contributed by atoms with Crippen molar-refractivity contribution in [3.8, 4) is 5.69 Å². The largest absolute Gasteiger partial charge is 0.337 e. The number of carbonyl (C=O) groups excluding carboxylic acids is 1. The average molecular weight is 349 g/mol. The number of nitrogens with zero attached hydrogens (tertiary/aromatic N) is 3. The predicted octanol–water partition coefficient (Wildman–Crippen LogP) is 1.47. The van der Waals surface area contributed by atoms with E-state index in [0.717, 1.165) is 6.42 Å². The number of rotatable bonds is 3. The van der Waals surface area contributed by atoms with Gasteiger partial charge in [0.1, 0.15) is 5.69 Å². The van der Waals surface area contributed by atoms with Gasteiger partial charge in [0.2, 0.25) is 0 Å². The minimum Gasteiger partial charge on any atom is -0.337 e. The minimum atomic E-state index is -0.263. The Balaban J connectivity index is 0.00000208. The summed E-state index contributed by atoms with van der Waals surface area (Å²) in [6.07, 6.45) is 0.883. The Labute approximate surface area is 146 Å². The maximum absolute atomic E-state index is 12.7. The molecule has 1 aliphatic rings. The molecule has 1 aliphatic heterocycles. The number of para-hydroxylation sites is 1. The van der Waals surface area contributed by atoms with E-state index in [4.69, 9.17) is 5.73 Å². The molecular weight excluding hydrogens is 328 g/mol. The van der Waals surface area contributed by atoms with Gasteiger partial charge in [-0.05, 0) is 36.6 Å². The number of nitrogens with two attached hydrogens (primary N) is 1. The zero-order valence-corrected chi connectivity index (χ0v) is 14.3. The fourth-order valence-corrected chi connectivity index (χ4v) is 2.81. The number of halogens is 1. The zero-order valence-electron chi connectivity index (χ0n) is 13.5. The molecule has 1 aromatic heterocycles. The fourth-order valence-electron chi connectivity index (χ4n) is 2.81. The van der Waals surface area contributed by atoms with Crippen LogP contribution in [0.15, 0.2) is 47.3 Å². The summed E-state index contributed by atoms with van der Waals surface area (Å²) in [6, 6.07) is 11.9. The molecule has 2 aromatic rings. The standard InChI is InChI=1S/C17H20N4O2.ClH/c1-17(11-18)9-10-20(12-17)16(23)14-7-8-15(22)21(19-14)13-5-3-2-4-6-13;/h2-8H,9-12,18H2,1H3;1H. The first kappa shape index (κ1) is 18.2. The molecule has 0 bridgehead atoms. The van der Waals surface area contributed by atoms with Gasteiger partial charge < -0.3 is 10.6 Å². The summed E-state index contributed by atoms with van der Waals surface area (Å²) in [4.78, 5) is 26.4. The van der Waals surface area contributed by atoms with E-state index in [2.05, 4.69) is 12.0 Å². The Kier molecular flexibility index (Phi) is 5.41. The number of hydrogen-bond donors (Lipinski definition) is 1. The van der Waals surface area contributed by atoms with Gasteiger partial charge in [0.15, 0.2) is 0 Å². The Morgan fingerprint density at radius 1 is 1.25 bits per heavy atom. The summed E-state index contributed by atoms with van der Waals surface area (Å²) >= 11 is 0. The van der Waals surface area contributed by atoms with Crippen molar-refractivity contribution >= 4 is 18.3 Å². The van der Waals surface area contributed by atoms with Crippen LogP contribution in [0.25, 0.3) is 5.69 Å². The summed E-state index contributed by atoms with van der Waals surface area (Å²) in [7, 11) is 0. The van der Waals surface area contributed by atoms with E-state index >= 15 is 0 Å². The van der Waals surface area contributed by atoms with Crippen LogP contribution < -0.4 is 11.3 Å². The normalized spacial score (nSPS) is 19.8. The van der Waals surface area contributed by atoms with Gasteiger partial charge in [-0.2, -0.15) is 9.78 Å². The molecule has 3 rings (SSSR count). The van der Waals surface area contributed by atoms with Crippen LogP contribution in [0, 0.1) is 5.41 Å². The number of hydrogen-bond acceptors (Lipinski definition) is 4. The second-order valence-electron chi connectivity index (χ2n) is 6.30. The van der Waals surface area contributed by atoms with E-state index in [9.17, 15) is 9.59 Å². The highest BCUT2D eigenvalue weighted by molar-refractivity contribution is 5.92. The summed E-state index contributed by atoms with van der Waals surface area (Å²) < 4.78 is 1.26. The SMILES string of the molecule is CC1(CN)CCN(C(=O)c2ccc(=O)n(-c3ccccc3)n2)C1.Cl. The van der Waals surface area contributed by atoms with Gasteiger partial charge in [0, 0.05) is 19.2 Å². The Hall–Kier alpha value is -2.18. The summed E-state index contributed by atoms with van der Waals surface area (Å²) in [5.74, 6) is -0.160. The molecule has 24 heavy (non-hydrogen) atoms. The highest BCUT2D eigenvalue weighted by Gasteiger charge is 2.35. The second kappa shape index (κ2) is 7.15. The third-order valence-electron chi connectivity index (χ3n) is 4.36. The maximum Gasteiger partial charge on any atom is 0.274 e. The zero-order chi connectivity index (χ0) is 16.4. The molecule has 1 amide bonds. The smallest absolute Gasteiger partial charge is 0.274 e. The van der Waals surface area contributed by atoms with Crippen molar-refractivity contribution in [1.82, 2.24) is 14.7 Å². The van der Waals surface area contributed by atoms with E-state index in [1.54, 1.807) is 17.0 Å². The Morgan fingerprint density at radius 2 is 1.96 bits per heavy atom. The van der Waals surface area contributed by atoms with Gasteiger partial charge in [0.05, 0.1) is 5.69 Å². The first-order valence-corrected chi connectivity index (χ1v) is 7.68. The molecule has 1 unspecified atom stereocenters. The maximum atomic E-state index is 12.7. The third kappa shape index (κ3) is 3.49. The summed E-state index contributed by atoms with van der Waals surface area (Å²) in [5, 5.41) is 4.24. The van der Waals surface area contributed by atoms with Crippen LogP contribution >= 0.6 is 12.4 Å². The lowest BCUT2D eigenvalue weighted by Gasteiger charge is -2.22. The van der Waals surface area contributed by atoms with Gasteiger partial charge in [0.25, 0.3) is 11.5 Å². The number of carbonyl (C=O) groups is 1. The lowest BCUT2D eigenvalue weighted by molar-refractivity contribution is 0.0769. The molecule has 1 atom stereocenters. The lowest BCUT2D eigenvalue weighted by atomic mass is 9.90. The fraction of sp³-hybridized carbons (Fsp3) is 0.353. The van der Waals surface area contributed by atoms with Gasteiger partial charge in [-0.1, -0.05) is 25.1 Å². The predicted molar refractivity (Wildman–Crippen MR) is 94.8 cm³/mol. The van der Waals surface area contributed by atoms with Crippen LogP contribution in [0.2, 0.25) is 0 Å². The van der Waals surface area contributed by atoms with Crippen molar-refractivity contribution in [3.05, 3.63) is 58.5 Å². The molecule has 2 heterocycles. The van der Waals surface area contributed by atoms with Crippen molar-refractivity contribution < 1.29 is 4.79 Å². The number of benzene rings is 1. The van der Waals surface area contributed by atoms with Crippen molar-refractivity contribution in [1.29, 1.82) is 0 Å². The van der Waals surface area contributed by atoms with E-state index in [1.807, 2.05) is 18.2 Å². The van der Waals surface area contributed by atoms with Crippen molar-refractivity contribution in [3.63, 3.8) is 0 Å². The molecule has 1 aromatic carbocycles. The molecule has 0 spiro atoms. The van der Waals surface area contributed by atoms with E-state index in [1.165, 1.54) is 16.8 Å². The van der Waals surface area contributed by atoms with Crippen LogP contribution in [0.5, 0.6) is 0 Å². The van der Waals surface area contributed by atoms with Gasteiger partial charge in [-0.15, -0.1) is 12.4 Å². The van der Waals surface area contributed by atoms with E-state index in [0.29, 0.717) is 25.3 Å². The van der Waals surface area contributed by atoms with Crippen LogP contribution in [-0.2, 0) is 0 Å². The Bertz CT molecular complexity index is 778. The molecule has 7 heteroatoms. The summed E-state index contributed by atoms with van der Waals surface area (Å²) in [5.41, 5.74) is 6.40. The van der Waals surface area contributed by atoms with Crippen LogP contribution in [0.4, 0.5) is 0 Å². The topological polar surface area (TPSA) is 81.2 Å². The first-order chi connectivity index (χ1) is 11.0. The molecule has 6 nitrogen and oxygen atoms in total. The summed E-state index contributed by atoms with van der Waals surface area (Å²) in [6.45, 7) is 3.92. The highest BCUT2D eigenvalue weighted by Crippen LogP contribution is 2.29. The first-order valence-electron chi connectivity index (χ1n) is 7.68. The number of likely N-dealkylation sites (tertiary alicyclic amines) is 1. The third-order valence-corrected chi connectivity index (χ3v) is 4.36. The van der Waals surface area contributed by atoms with Crippen LogP contribution in [0.1, 0.15) is 23.8 Å². The van der Waals surface area contributed by atoms with E-state index in [-0.39, 0.29) is 35.0 Å².